The minimum absolute atomic E-state index is 0.510. The van der Waals surface area contributed by atoms with Crippen molar-refractivity contribution in [1.29, 1.82) is 0 Å². The summed E-state index contributed by atoms with van der Waals surface area (Å²) in [4.78, 5) is 0. The van der Waals surface area contributed by atoms with Crippen molar-refractivity contribution in [2.75, 3.05) is 0 Å². The molecule has 0 aromatic heterocycles. The van der Waals surface area contributed by atoms with Crippen LogP contribution in [-0.4, -0.2) is 0 Å². The van der Waals surface area contributed by atoms with Gasteiger partial charge in [0.2, 0.25) is 0 Å². The van der Waals surface area contributed by atoms with Crippen LogP contribution in [0, 0.1) is 11.3 Å². The topological polar surface area (TPSA) is 0 Å². The summed E-state index contributed by atoms with van der Waals surface area (Å²) in [5.41, 5.74) is 0.510. The van der Waals surface area contributed by atoms with Crippen molar-refractivity contribution in [3.8, 4) is 0 Å². The van der Waals surface area contributed by atoms with Crippen LogP contribution in [0.4, 0.5) is 0 Å². The van der Waals surface area contributed by atoms with E-state index in [1.807, 2.05) is 0 Å². The lowest BCUT2D eigenvalue weighted by molar-refractivity contribution is 0.213. The molecule has 0 aliphatic rings. The van der Waals surface area contributed by atoms with Crippen LogP contribution in [0.1, 0.15) is 98.8 Å². The van der Waals surface area contributed by atoms with Crippen molar-refractivity contribution < 1.29 is 0 Å². The van der Waals surface area contributed by atoms with E-state index in [0.29, 0.717) is 5.41 Å². The van der Waals surface area contributed by atoms with E-state index in [2.05, 4.69) is 34.6 Å². The summed E-state index contributed by atoms with van der Waals surface area (Å²) in [6, 6.07) is 0. The predicted octanol–water partition coefficient (Wildman–Crippen LogP) is 6.59. The average molecular weight is 240 g/mol. The number of hydrogen-bond donors (Lipinski definition) is 0. The minimum atomic E-state index is 0.510. The highest BCUT2D eigenvalue weighted by Crippen LogP contribution is 2.32. The molecule has 0 aromatic rings. The van der Waals surface area contributed by atoms with Gasteiger partial charge in [-0.3, -0.25) is 0 Å². The fraction of sp³-hybridized carbons (Fsp3) is 1.00. The van der Waals surface area contributed by atoms with Crippen LogP contribution in [-0.2, 0) is 0 Å². The first kappa shape index (κ1) is 17.0. The molecule has 0 fully saturated rings. The molecule has 104 valence electrons. The van der Waals surface area contributed by atoms with Gasteiger partial charge in [0.1, 0.15) is 0 Å². The fourth-order valence-corrected chi connectivity index (χ4v) is 2.77. The van der Waals surface area contributed by atoms with Gasteiger partial charge in [0.15, 0.2) is 0 Å². The maximum atomic E-state index is 2.39. The number of unbranched alkanes of at least 4 members (excludes halogenated alkanes) is 7. The second-order valence-corrected chi connectivity index (χ2v) is 6.73. The normalized spacial score (nSPS) is 13.9. The second kappa shape index (κ2) is 9.97. The van der Waals surface area contributed by atoms with Gasteiger partial charge in [-0.05, 0) is 17.8 Å². The van der Waals surface area contributed by atoms with Crippen molar-refractivity contribution in [3.63, 3.8) is 0 Å². The first-order chi connectivity index (χ1) is 8.02. The second-order valence-electron chi connectivity index (χ2n) is 6.73. The van der Waals surface area contributed by atoms with Crippen LogP contribution in [0.5, 0.6) is 0 Å². The fourth-order valence-electron chi connectivity index (χ4n) is 2.77. The van der Waals surface area contributed by atoms with Gasteiger partial charge in [0.25, 0.3) is 0 Å². The molecule has 0 amide bonds. The molecule has 0 radical (unpaired) electrons. The first-order valence-corrected chi connectivity index (χ1v) is 8.02. The Morgan fingerprint density at radius 1 is 0.706 bits per heavy atom. The summed E-state index contributed by atoms with van der Waals surface area (Å²) in [6.45, 7) is 11.8. The zero-order chi connectivity index (χ0) is 13.1. The lowest BCUT2D eigenvalue weighted by Crippen LogP contribution is -2.19. The van der Waals surface area contributed by atoms with Gasteiger partial charge in [-0.15, -0.1) is 0 Å². The van der Waals surface area contributed by atoms with E-state index in [0.717, 1.165) is 5.92 Å². The summed E-state index contributed by atoms with van der Waals surface area (Å²) in [7, 11) is 0. The third kappa shape index (κ3) is 9.68. The quantitative estimate of drug-likeness (QED) is 0.378. The Bertz CT molecular complexity index is 152. The highest BCUT2D eigenvalue weighted by atomic mass is 14.3. The molecule has 1 unspecified atom stereocenters. The molecule has 0 rings (SSSR count). The van der Waals surface area contributed by atoms with E-state index in [1.54, 1.807) is 0 Å². The third-order valence-corrected chi connectivity index (χ3v) is 4.12. The zero-order valence-electron chi connectivity index (χ0n) is 13.1. The van der Waals surface area contributed by atoms with Crippen molar-refractivity contribution in [1.82, 2.24) is 0 Å². The standard InChI is InChI=1S/C17H36/c1-6-8-9-10-11-12-13-14-15-16(7-2)17(3,4)5/h16H,6-15H2,1-5H3. The third-order valence-electron chi connectivity index (χ3n) is 4.12. The van der Waals surface area contributed by atoms with Crippen LogP contribution in [0.2, 0.25) is 0 Å². The van der Waals surface area contributed by atoms with Crippen LogP contribution < -0.4 is 0 Å². The number of hydrogen-bond acceptors (Lipinski definition) is 0. The molecule has 17 heavy (non-hydrogen) atoms. The highest BCUT2D eigenvalue weighted by Gasteiger charge is 2.21. The number of rotatable bonds is 10. The van der Waals surface area contributed by atoms with Gasteiger partial charge >= 0.3 is 0 Å². The predicted molar refractivity (Wildman–Crippen MR) is 80.5 cm³/mol. The highest BCUT2D eigenvalue weighted by molar-refractivity contribution is 4.72. The SMILES string of the molecule is CCCCCCCCCCC(CC)C(C)(C)C. The molecule has 0 bridgehead atoms. The van der Waals surface area contributed by atoms with Gasteiger partial charge < -0.3 is 0 Å². The summed E-state index contributed by atoms with van der Waals surface area (Å²) in [6.07, 6.45) is 14.3. The minimum Gasteiger partial charge on any atom is -0.0654 e. The van der Waals surface area contributed by atoms with Gasteiger partial charge in [0.05, 0.1) is 0 Å². The van der Waals surface area contributed by atoms with Gasteiger partial charge in [-0.1, -0.05) is 92.4 Å². The van der Waals surface area contributed by atoms with Crippen LogP contribution in [0.25, 0.3) is 0 Å². The molecule has 0 aliphatic heterocycles. The van der Waals surface area contributed by atoms with Gasteiger partial charge in [0, 0.05) is 0 Å². The first-order valence-electron chi connectivity index (χ1n) is 8.02. The molecule has 0 heteroatoms. The molecular formula is C17H36. The Labute approximate surface area is 111 Å². The van der Waals surface area contributed by atoms with E-state index in [4.69, 9.17) is 0 Å². The molecular weight excluding hydrogens is 204 g/mol. The molecule has 0 aliphatic carbocycles. The Morgan fingerprint density at radius 2 is 1.18 bits per heavy atom. The van der Waals surface area contributed by atoms with Crippen LogP contribution in [0.15, 0.2) is 0 Å². The Balaban J connectivity index is 3.38. The molecule has 1 atom stereocenters. The molecule has 0 nitrogen and oxygen atoms in total. The summed E-state index contributed by atoms with van der Waals surface area (Å²) in [5, 5.41) is 0. The molecule has 0 N–H and O–H groups in total. The van der Waals surface area contributed by atoms with Gasteiger partial charge in [-0.25, -0.2) is 0 Å². The smallest absolute Gasteiger partial charge is 0.0354 e. The lowest BCUT2D eigenvalue weighted by Gasteiger charge is -2.29. The lowest BCUT2D eigenvalue weighted by atomic mass is 9.76. The maximum Gasteiger partial charge on any atom is -0.0354 e. The zero-order valence-corrected chi connectivity index (χ0v) is 13.1. The summed E-state index contributed by atoms with van der Waals surface area (Å²) < 4.78 is 0. The van der Waals surface area contributed by atoms with Crippen molar-refractivity contribution >= 4 is 0 Å². The van der Waals surface area contributed by atoms with Crippen molar-refractivity contribution in [2.24, 2.45) is 11.3 Å². The molecule has 0 heterocycles. The largest absolute Gasteiger partial charge is 0.0654 e. The average Bonchev–Trinajstić information content (AvgIpc) is 2.25. The Hall–Kier alpha value is 0. The summed E-state index contributed by atoms with van der Waals surface area (Å²) >= 11 is 0. The van der Waals surface area contributed by atoms with E-state index in [-0.39, 0.29) is 0 Å². The van der Waals surface area contributed by atoms with Gasteiger partial charge in [-0.2, -0.15) is 0 Å². The van der Waals surface area contributed by atoms with E-state index in [9.17, 15) is 0 Å². The Morgan fingerprint density at radius 3 is 1.59 bits per heavy atom. The van der Waals surface area contributed by atoms with E-state index in [1.165, 1.54) is 64.2 Å². The van der Waals surface area contributed by atoms with Crippen LogP contribution >= 0.6 is 0 Å². The molecule has 0 aromatic carbocycles. The maximum absolute atomic E-state index is 2.39. The van der Waals surface area contributed by atoms with E-state index < -0.39 is 0 Å². The summed E-state index contributed by atoms with van der Waals surface area (Å²) in [5.74, 6) is 0.919. The molecule has 0 spiro atoms. The van der Waals surface area contributed by atoms with Crippen molar-refractivity contribution in [3.05, 3.63) is 0 Å². The Kier molecular flexibility index (Phi) is 9.97. The van der Waals surface area contributed by atoms with Crippen LogP contribution in [0.3, 0.4) is 0 Å². The molecule has 0 saturated carbocycles. The van der Waals surface area contributed by atoms with Crippen molar-refractivity contribution in [2.45, 2.75) is 98.8 Å². The van der Waals surface area contributed by atoms with E-state index >= 15 is 0 Å². The monoisotopic (exact) mass is 240 g/mol. The molecule has 0 saturated heterocycles.